The maximum Gasteiger partial charge on any atom is 0.323 e. The van der Waals surface area contributed by atoms with Crippen LogP contribution in [0.5, 0.6) is 11.5 Å². The average Bonchev–Trinajstić information content (AvgIpc) is 2.78. The maximum atomic E-state index is 11.0. The van der Waals surface area contributed by atoms with Crippen molar-refractivity contribution >= 4 is 24.0 Å². The molecule has 2 N–H and O–H groups in total. The van der Waals surface area contributed by atoms with Crippen LogP contribution in [-0.4, -0.2) is 33.4 Å². The first-order valence-electron chi connectivity index (χ1n) is 9.36. The molecule has 0 radical (unpaired) electrons. The van der Waals surface area contributed by atoms with Gasteiger partial charge in [-0.05, 0) is 11.1 Å². The molecule has 3 aromatic rings. The predicted molar refractivity (Wildman–Crippen MR) is 113 cm³/mol. The van der Waals surface area contributed by atoms with Crippen molar-refractivity contribution < 1.29 is 29.3 Å². The van der Waals surface area contributed by atoms with Gasteiger partial charge in [0.05, 0.1) is 6.20 Å². The van der Waals surface area contributed by atoms with E-state index in [0.29, 0.717) is 18.1 Å². The van der Waals surface area contributed by atoms with Crippen molar-refractivity contribution in [1.29, 1.82) is 0 Å². The van der Waals surface area contributed by atoms with Crippen LogP contribution in [0.4, 0.5) is 5.82 Å². The summed E-state index contributed by atoms with van der Waals surface area (Å²) >= 11 is 0. The number of aliphatic imine (C=N–C) groups is 1. The van der Waals surface area contributed by atoms with Crippen LogP contribution in [0.15, 0.2) is 77.9 Å². The van der Waals surface area contributed by atoms with Gasteiger partial charge in [-0.25, -0.2) is 9.98 Å². The van der Waals surface area contributed by atoms with Gasteiger partial charge >= 0.3 is 11.9 Å². The van der Waals surface area contributed by atoms with Crippen LogP contribution in [0.1, 0.15) is 11.1 Å². The monoisotopic (exact) mass is 420 g/mol. The molecule has 158 valence electrons. The zero-order chi connectivity index (χ0) is 22.1. The van der Waals surface area contributed by atoms with Crippen molar-refractivity contribution in [3.05, 3.63) is 84.1 Å². The molecule has 0 bridgehead atoms. The first kappa shape index (κ1) is 21.5. The lowest BCUT2D eigenvalue weighted by Crippen LogP contribution is -2.24. The van der Waals surface area contributed by atoms with Crippen LogP contribution < -0.4 is 9.47 Å². The molecule has 0 amide bonds. The standard InChI is InChI=1S/C23H20N2O6/c26-22(27)18(23(28)29)12-24-21-11-19(30-14-16-7-3-1-4-8-16)20(13-25-21)31-15-17-9-5-2-6-10-17/h1-13,18H,14-15H2,(H,26,27)(H,28,29). The largest absolute Gasteiger partial charge is 0.485 e. The van der Waals surface area contributed by atoms with E-state index in [1.54, 1.807) is 0 Å². The Balaban J connectivity index is 1.81. The molecular formula is C23H20N2O6. The van der Waals surface area contributed by atoms with Gasteiger partial charge in [-0.15, -0.1) is 0 Å². The highest BCUT2D eigenvalue weighted by Gasteiger charge is 2.23. The number of hydrogen-bond acceptors (Lipinski definition) is 6. The summed E-state index contributed by atoms with van der Waals surface area (Å²) in [7, 11) is 0. The van der Waals surface area contributed by atoms with Gasteiger partial charge in [-0.1, -0.05) is 60.7 Å². The van der Waals surface area contributed by atoms with Crippen LogP contribution in [0.25, 0.3) is 0 Å². The van der Waals surface area contributed by atoms with Crippen molar-refractivity contribution in [2.24, 2.45) is 10.9 Å². The van der Waals surface area contributed by atoms with E-state index in [1.807, 2.05) is 60.7 Å². The van der Waals surface area contributed by atoms with E-state index >= 15 is 0 Å². The number of aliphatic carboxylic acids is 2. The first-order valence-corrected chi connectivity index (χ1v) is 9.36. The van der Waals surface area contributed by atoms with Gasteiger partial charge in [0, 0.05) is 12.3 Å². The molecule has 31 heavy (non-hydrogen) atoms. The van der Waals surface area contributed by atoms with Crippen LogP contribution in [0.3, 0.4) is 0 Å². The second kappa shape index (κ2) is 10.5. The molecule has 2 aromatic carbocycles. The van der Waals surface area contributed by atoms with Gasteiger partial charge in [-0.3, -0.25) is 9.59 Å². The number of pyridine rings is 1. The summed E-state index contributed by atoms with van der Waals surface area (Å²) in [6.45, 7) is 0.565. The summed E-state index contributed by atoms with van der Waals surface area (Å²) < 4.78 is 11.7. The minimum absolute atomic E-state index is 0.0997. The highest BCUT2D eigenvalue weighted by Crippen LogP contribution is 2.31. The molecule has 0 unspecified atom stereocenters. The molecule has 1 aromatic heterocycles. The minimum Gasteiger partial charge on any atom is -0.485 e. The second-order valence-corrected chi connectivity index (χ2v) is 6.47. The number of nitrogens with zero attached hydrogens (tertiary/aromatic N) is 2. The fourth-order valence-corrected chi connectivity index (χ4v) is 2.56. The first-order chi connectivity index (χ1) is 15.0. The molecule has 0 saturated carbocycles. The molecule has 0 spiro atoms. The normalized spacial score (nSPS) is 10.9. The molecule has 8 nitrogen and oxygen atoms in total. The molecule has 3 rings (SSSR count). The molecule has 0 aliphatic rings. The van der Waals surface area contributed by atoms with Gasteiger partial charge in [0.2, 0.25) is 0 Å². The number of carboxylic acid groups (broad SMARTS) is 2. The zero-order valence-electron chi connectivity index (χ0n) is 16.4. The Labute approximate surface area is 178 Å². The Hall–Kier alpha value is -4.20. The summed E-state index contributed by atoms with van der Waals surface area (Å²) in [5, 5.41) is 17.9. The van der Waals surface area contributed by atoms with E-state index in [4.69, 9.17) is 19.7 Å². The lowest BCUT2D eigenvalue weighted by molar-refractivity contribution is -0.150. The Morgan fingerprint density at radius 2 is 1.39 bits per heavy atom. The maximum absolute atomic E-state index is 11.0. The van der Waals surface area contributed by atoms with Crippen molar-refractivity contribution in [3.8, 4) is 11.5 Å². The molecule has 8 heteroatoms. The lowest BCUT2D eigenvalue weighted by atomic mass is 10.2. The number of aromatic nitrogens is 1. The molecule has 0 aliphatic carbocycles. The molecule has 0 fully saturated rings. The quantitative estimate of drug-likeness (QED) is 0.379. The highest BCUT2D eigenvalue weighted by atomic mass is 16.5. The van der Waals surface area contributed by atoms with Gasteiger partial charge in [-0.2, -0.15) is 0 Å². The molecular weight excluding hydrogens is 400 g/mol. The van der Waals surface area contributed by atoms with Crippen LogP contribution in [0, 0.1) is 5.92 Å². The number of hydrogen-bond donors (Lipinski definition) is 2. The van der Waals surface area contributed by atoms with Crippen molar-refractivity contribution in [1.82, 2.24) is 4.98 Å². The Morgan fingerprint density at radius 1 is 0.871 bits per heavy atom. The van der Waals surface area contributed by atoms with E-state index in [9.17, 15) is 9.59 Å². The Bertz CT molecular complexity index is 1040. The van der Waals surface area contributed by atoms with Crippen molar-refractivity contribution in [2.45, 2.75) is 13.2 Å². The molecule has 0 aliphatic heterocycles. The van der Waals surface area contributed by atoms with Gasteiger partial charge < -0.3 is 19.7 Å². The number of rotatable bonds is 10. The Morgan fingerprint density at radius 3 is 1.90 bits per heavy atom. The minimum atomic E-state index is -1.77. The van der Waals surface area contributed by atoms with E-state index in [0.717, 1.165) is 17.3 Å². The predicted octanol–water partition coefficient (Wildman–Crippen LogP) is 3.73. The van der Waals surface area contributed by atoms with Crippen LogP contribution >= 0.6 is 0 Å². The van der Waals surface area contributed by atoms with E-state index < -0.39 is 17.9 Å². The summed E-state index contributed by atoms with van der Waals surface area (Å²) in [4.78, 5) is 30.0. The van der Waals surface area contributed by atoms with Gasteiger partial charge in [0.15, 0.2) is 23.2 Å². The number of benzene rings is 2. The van der Waals surface area contributed by atoms with E-state index in [1.165, 1.54) is 12.3 Å². The summed E-state index contributed by atoms with van der Waals surface area (Å²) in [6.07, 6.45) is 2.23. The number of carboxylic acids is 2. The van der Waals surface area contributed by atoms with Crippen LogP contribution in [0.2, 0.25) is 0 Å². The molecule has 1 heterocycles. The van der Waals surface area contributed by atoms with E-state index in [2.05, 4.69) is 9.98 Å². The summed E-state index contributed by atoms with van der Waals surface area (Å²) in [5.41, 5.74) is 1.90. The summed E-state index contributed by atoms with van der Waals surface area (Å²) in [6, 6.07) is 20.6. The fraction of sp³-hybridized carbons (Fsp3) is 0.130. The Kier molecular flexibility index (Phi) is 7.31. The van der Waals surface area contributed by atoms with Gasteiger partial charge in [0.25, 0.3) is 0 Å². The van der Waals surface area contributed by atoms with Gasteiger partial charge in [0.1, 0.15) is 13.2 Å². The third-order valence-electron chi connectivity index (χ3n) is 4.18. The average molecular weight is 420 g/mol. The molecule has 0 saturated heterocycles. The SMILES string of the molecule is O=C(O)C(C=Nc1cc(OCc2ccccc2)c(OCc2ccccc2)cn1)C(=O)O. The number of ether oxygens (including phenoxy) is 2. The second-order valence-electron chi connectivity index (χ2n) is 6.47. The smallest absolute Gasteiger partial charge is 0.323 e. The molecule has 0 atom stereocenters. The topological polar surface area (TPSA) is 118 Å². The number of carbonyl (C=O) groups is 2. The highest BCUT2D eigenvalue weighted by molar-refractivity contribution is 6.08. The zero-order valence-corrected chi connectivity index (χ0v) is 16.4. The summed E-state index contributed by atoms with van der Waals surface area (Å²) in [5.74, 6) is -3.97. The lowest BCUT2D eigenvalue weighted by Gasteiger charge is -2.13. The van der Waals surface area contributed by atoms with Crippen LogP contribution in [-0.2, 0) is 22.8 Å². The third-order valence-corrected chi connectivity index (χ3v) is 4.18. The van der Waals surface area contributed by atoms with E-state index in [-0.39, 0.29) is 12.4 Å². The van der Waals surface area contributed by atoms with Crippen molar-refractivity contribution in [3.63, 3.8) is 0 Å². The van der Waals surface area contributed by atoms with Crippen molar-refractivity contribution in [2.75, 3.05) is 0 Å². The third kappa shape index (κ3) is 6.40. The fourth-order valence-electron chi connectivity index (χ4n) is 2.56.